The monoisotopic (exact) mass is 199 g/mol. The van der Waals surface area contributed by atoms with E-state index >= 15 is 0 Å². The quantitative estimate of drug-likeness (QED) is 0.757. The summed E-state index contributed by atoms with van der Waals surface area (Å²) in [4.78, 5) is 9.25. The van der Waals surface area contributed by atoms with E-state index in [0.717, 1.165) is 0 Å². The Morgan fingerprint density at radius 2 is 2.08 bits per heavy atom. The molecule has 1 unspecified atom stereocenters. The lowest BCUT2D eigenvalue weighted by molar-refractivity contribution is 0.280. The molecule has 71 valence electrons. The van der Waals surface area contributed by atoms with Crippen LogP contribution in [-0.2, 0) is 9.09 Å². The number of hydrogen-bond acceptors (Lipinski definition) is 2. The zero-order valence-corrected chi connectivity index (χ0v) is 8.28. The van der Waals surface area contributed by atoms with Gasteiger partial charge in [-0.2, -0.15) is 0 Å². The van der Waals surface area contributed by atoms with Crippen molar-refractivity contribution in [2.45, 2.75) is 6.92 Å². The SMILES string of the molecule is CCOP(=O)(O)[CH]c1ccccc1. The minimum absolute atomic E-state index is 0.233. The van der Waals surface area contributed by atoms with Crippen LogP contribution in [-0.4, -0.2) is 11.5 Å². The maximum absolute atomic E-state index is 11.3. The van der Waals surface area contributed by atoms with E-state index in [1.807, 2.05) is 6.07 Å². The third-order valence-electron chi connectivity index (χ3n) is 1.43. The summed E-state index contributed by atoms with van der Waals surface area (Å²) in [5.74, 6) is 0. The highest BCUT2D eigenvalue weighted by molar-refractivity contribution is 7.55. The van der Waals surface area contributed by atoms with Crippen LogP contribution in [0.5, 0.6) is 0 Å². The van der Waals surface area contributed by atoms with Gasteiger partial charge in [0.2, 0.25) is 0 Å². The molecule has 4 heteroatoms. The van der Waals surface area contributed by atoms with Crippen LogP contribution in [0.3, 0.4) is 0 Å². The van der Waals surface area contributed by atoms with E-state index < -0.39 is 7.60 Å². The van der Waals surface area contributed by atoms with Crippen molar-refractivity contribution in [2.24, 2.45) is 0 Å². The van der Waals surface area contributed by atoms with Crippen LogP contribution in [0.25, 0.3) is 0 Å². The molecule has 0 aliphatic carbocycles. The molecule has 1 aromatic rings. The first-order chi connectivity index (χ1) is 6.14. The number of rotatable bonds is 4. The summed E-state index contributed by atoms with van der Waals surface area (Å²) < 4.78 is 15.9. The lowest BCUT2D eigenvalue weighted by Gasteiger charge is -2.09. The minimum Gasteiger partial charge on any atom is -0.324 e. The molecule has 1 rings (SSSR count). The van der Waals surface area contributed by atoms with E-state index in [0.29, 0.717) is 5.56 Å². The molecule has 0 amide bonds. The second-order valence-corrected chi connectivity index (χ2v) is 4.17. The predicted octanol–water partition coefficient (Wildman–Crippen LogP) is 2.42. The Morgan fingerprint density at radius 3 is 2.62 bits per heavy atom. The third kappa shape index (κ3) is 3.73. The Balaban J connectivity index is 2.64. The molecule has 0 aliphatic rings. The van der Waals surface area contributed by atoms with Crippen LogP contribution in [0.1, 0.15) is 12.5 Å². The van der Waals surface area contributed by atoms with E-state index in [2.05, 4.69) is 4.52 Å². The second-order valence-electron chi connectivity index (χ2n) is 2.52. The molecule has 1 N–H and O–H groups in total. The van der Waals surface area contributed by atoms with Gasteiger partial charge < -0.3 is 9.42 Å². The van der Waals surface area contributed by atoms with Gasteiger partial charge in [0, 0.05) is 0 Å². The summed E-state index contributed by atoms with van der Waals surface area (Å²) in [6.45, 7) is 1.92. The first kappa shape index (κ1) is 10.5. The van der Waals surface area contributed by atoms with Crippen LogP contribution in [0.15, 0.2) is 30.3 Å². The van der Waals surface area contributed by atoms with Crippen molar-refractivity contribution >= 4 is 7.60 Å². The highest BCUT2D eigenvalue weighted by Crippen LogP contribution is 2.47. The van der Waals surface area contributed by atoms with Gasteiger partial charge in [-0.1, -0.05) is 30.3 Å². The summed E-state index contributed by atoms with van der Waals surface area (Å²) in [6.07, 6.45) is 1.25. The Kier molecular flexibility index (Phi) is 3.67. The van der Waals surface area contributed by atoms with Gasteiger partial charge in [0.15, 0.2) is 0 Å². The van der Waals surface area contributed by atoms with Gasteiger partial charge in [-0.25, -0.2) is 0 Å². The molecule has 0 aliphatic heterocycles. The highest BCUT2D eigenvalue weighted by Gasteiger charge is 2.19. The molecule has 0 spiro atoms. The molecular weight excluding hydrogens is 187 g/mol. The molecule has 1 atom stereocenters. The smallest absolute Gasteiger partial charge is 0.324 e. The molecule has 0 bridgehead atoms. The molecule has 0 saturated carbocycles. The molecule has 0 heterocycles. The van der Waals surface area contributed by atoms with Crippen molar-refractivity contribution in [2.75, 3.05) is 6.61 Å². The zero-order chi connectivity index (χ0) is 9.73. The fraction of sp³-hybridized carbons (Fsp3) is 0.222. The highest BCUT2D eigenvalue weighted by atomic mass is 31.2. The lowest BCUT2D eigenvalue weighted by Crippen LogP contribution is -1.90. The molecule has 0 aromatic heterocycles. The standard InChI is InChI=1S/C9H12O3P/c1-2-12-13(10,11)8-9-6-4-3-5-7-9/h3-8H,2H2,1H3,(H,10,11). The normalized spacial score (nSPS) is 15.2. The molecule has 3 nitrogen and oxygen atoms in total. The summed E-state index contributed by atoms with van der Waals surface area (Å²) in [5, 5.41) is 0. The fourth-order valence-electron chi connectivity index (χ4n) is 0.950. The first-order valence-electron chi connectivity index (χ1n) is 4.02. The van der Waals surface area contributed by atoms with Crippen molar-refractivity contribution in [3.05, 3.63) is 42.1 Å². The van der Waals surface area contributed by atoms with Gasteiger partial charge in [-0.15, -0.1) is 0 Å². The van der Waals surface area contributed by atoms with Crippen molar-refractivity contribution in [3.63, 3.8) is 0 Å². The van der Waals surface area contributed by atoms with E-state index in [1.165, 1.54) is 6.16 Å². The first-order valence-corrected chi connectivity index (χ1v) is 5.67. The van der Waals surface area contributed by atoms with Gasteiger partial charge in [-0.3, -0.25) is 4.57 Å². The van der Waals surface area contributed by atoms with Gasteiger partial charge in [0.25, 0.3) is 0 Å². The summed E-state index contributed by atoms with van der Waals surface area (Å²) in [7, 11) is -3.54. The molecule has 1 radical (unpaired) electrons. The summed E-state index contributed by atoms with van der Waals surface area (Å²) in [5.41, 5.74) is 0.696. The molecule has 13 heavy (non-hydrogen) atoms. The van der Waals surface area contributed by atoms with Crippen LogP contribution >= 0.6 is 7.60 Å². The average Bonchev–Trinajstić information content (AvgIpc) is 2.04. The summed E-state index contributed by atoms with van der Waals surface area (Å²) >= 11 is 0. The van der Waals surface area contributed by atoms with Crippen molar-refractivity contribution in [1.29, 1.82) is 0 Å². The zero-order valence-electron chi connectivity index (χ0n) is 7.38. The van der Waals surface area contributed by atoms with E-state index in [1.54, 1.807) is 31.2 Å². The van der Waals surface area contributed by atoms with E-state index in [-0.39, 0.29) is 6.61 Å². The predicted molar refractivity (Wildman–Crippen MR) is 51.3 cm³/mol. The Morgan fingerprint density at radius 1 is 1.46 bits per heavy atom. The topological polar surface area (TPSA) is 46.5 Å². The number of benzene rings is 1. The van der Waals surface area contributed by atoms with Gasteiger partial charge in [0.1, 0.15) is 6.16 Å². The maximum Gasteiger partial charge on any atom is 0.336 e. The third-order valence-corrected chi connectivity index (χ3v) is 2.68. The van der Waals surface area contributed by atoms with Crippen molar-refractivity contribution in [3.8, 4) is 0 Å². The van der Waals surface area contributed by atoms with E-state index in [4.69, 9.17) is 0 Å². The average molecular weight is 199 g/mol. The van der Waals surface area contributed by atoms with Crippen LogP contribution in [0.2, 0.25) is 0 Å². The molecule has 0 fully saturated rings. The minimum atomic E-state index is -3.54. The molecule has 1 aromatic carbocycles. The van der Waals surface area contributed by atoms with E-state index in [9.17, 15) is 9.46 Å². The lowest BCUT2D eigenvalue weighted by atomic mass is 10.2. The molecular formula is C9H12O3P. The second kappa shape index (κ2) is 4.56. The number of hydrogen-bond donors (Lipinski definition) is 1. The Bertz CT molecular complexity index is 297. The Hall–Kier alpha value is -0.630. The van der Waals surface area contributed by atoms with Gasteiger partial charge in [-0.05, 0) is 12.5 Å². The largest absolute Gasteiger partial charge is 0.336 e. The maximum atomic E-state index is 11.3. The van der Waals surface area contributed by atoms with Gasteiger partial charge >= 0.3 is 7.60 Å². The van der Waals surface area contributed by atoms with Crippen LogP contribution in [0, 0.1) is 6.16 Å². The van der Waals surface area contributed by atoms with Crippen molar-refractivity contribution < 1.29 is 14.0 Å². The molecule has 0 saturated heterocycles. The van der Waals surface area contributed by atoms with Crippen LogP contribution < -0.4 is 0 Å². The van der Waals surface area contributed by atoms with Crippen molar-refractivity contribution in [1.82, 2.24) is 0 Å². The summed E-state index contributed by atoms with van der Waals surface area (Å²) in [6, 6.07) is 8.96. The fourth-order valence-corrected chi connectivity index (χ4v) is 1.94. The van der Waals surface area contributed by atoms with Crippen LogP contribution in [0.4, 0.5) is 0 Å². The van der Waals surface area contributed by atoms with Gasteiger partial charge in [0.05, 0.1) is 6.61 Å². The Labute approximate surface area is 77.9 Å².